The highest BCUT2D eigenvalue weighted by Gasteiger charge is 2.16. The van der Waals surface area contributed by atoms with E-state index in [1.807, 2.05) is 0 Å². The normalized spacial score (nSPS) is 15.7. The average molecular weight is 262 g/mol. The fourth-order valence-electron chi connectivity index (χ4n) is 2.83. The number of rotatable bonds is 7. The molecule has 106 valence electrons. The van der Waals surface area contributed by atoms with Gasteiger partial charge in [0.25, 0.3) is 0 Å². The minimum Gasteiger partial charge on any atom is -0.370 e. The molecule has 4 heteroatoms. The highest BCUT2D eigenvalue weighted by molar-refractivity contribution is 5.57. The smallest absolute Gasteiger partial charge is 0.134 e. The summed E-state index contributed by atoms with van der Waals surface area (Å²) in [7, 11) is 0. The maximum absolute atomic E-state index is 4.44. The molecule has 2 N–H and O–H groups in total. The number of hydrogen-bond acceptors (Lipinski definition) is 4. The first kappa shape index (κ1) is 14.1. The summed E-state index contributed by atoms with van der Waals surface area (Å²) >= 11 is 0. The Hall–Kier alpha value is -1.32. The summed E-state index contributed by atoms with van der Waals surface area (Å²) in [6.07, 6.45) is 9.30. The molecule has 19 heavy (non-hydrogen) atoms. The van der Waals surface area contributed by atoms with Crippen LogP contribution in [0.1, 0.15) is 51.5 Å². The third kappa shape index (κ3) is 3.82. The van der Waals surface area contributed by atoms with Crippen molar-refractivity contribution in [2.45, 2.75) is 52.4 Å². The van der Waals surface area contributed by atoms with Gasteiger partial charge in [-0.3, -0.25) is 0 Å². The lowest BCUT2D eigenvalue weighted by Crippen LogP contribution is -2.15. The van der Waals surface area contributed by atoms with Gasteiger partial charge in [0.2, 0.25) is 0 Å². The van der Waals surface area contributed by atoms with E-state index in [1.165, 1.54) is 31.2 Å². The van der Waals surface area contributed by atoms with Gasteiger partial charge in [-0.1, -0.05) is 26.2 Å². The summed E-state index contributed by atoms with van der Waals surface area (Å²) < 4.78 is 0. The number of nitrogens with one attached hydrogen (secondary N) is 2. The SMILES string of the molecule is CCCc1c(NCC)ncnc1NCC1CCCC1. The fourth-order valence-corrected chi connectivity index (χ4v) is 2.83. The van der Waals surface area contributed by atoms with E-state index in [9.17, 15) is 0 Å². The molecule has 0 unspecified atom stereocenters. The summed E-state index contributed by atoms with van der Waals surface area (Å²) in [6.45, 7) is 6.25. The van der Waals surface area contributed by atoms with Crippen LogP contribution in [0.15, 0.2) is 6.33 Å². The van der Waals surface area contributed by atoms with Gasteiger partial charge in [-0.15, -0.1) is 0 Å². The molecule has 1 aromatic heterocycles. The van der Waals surface area contributed by atoms with Crippen LogP contribution in [0, 0.1) is 5.92 Å². The van der Waals surface area contributed by atoms with Gasteiger partial charge in [0.1, 0.15) is 18.0 Å². The van der Waals surface area contributed by atoms with Crippen LogP contribution < -0.4 is 10.6 Å². The molecule has 0 bridgehead atoms. The van der Waals surface area contributed by atoms with Crippen LogP contribution in [0.4, 0.5) is 11.6 Å². The van der Waals surface area contributed by atoms with Crippen LogP contribution in [0.2, 0.25) is 0 Å². The first-order valence-electron chi connectivity index (χ1n) is 7.66. The molecule has 1 aliphatic rings. The minimum absolute atomic E-state index is 0.826. The van der Waals surface area contributed by atoms with Crippen molar-refractivity contribution in [1.29, 1.82) is 0 Å². The number of aromatic nitrogens is 2. The van der Waals surface area contributed by atoms with E-state index >= 15 is 0 Å². The molecule has 1 aliphatic carbocycles. The molecule has 0 saturated heterocycles. The van der Waals surface area contributed by atoms with Crippen molar-refractivity contribution in [2.75, 3.05) is 23.7 Å². The Labute approximate surface area is 116 Å². The lowest BCUT2D eigenvalue weighted by Gasteiger charge is -2.16. The zero-order valence-electron chi connectivity index (χ0n) is 12.2. The van der Waals surface area contributed by atoms with Crippen LogP contribution >= 0.6 is 0 Å². The molecule has 0 amide bonds. The third-order valence-corrected chi connectivity index (χ3v) is 3.82. The van der Waals surface area contributed by atoms with Gasteiger partial charge < -0.3 is 10.6 Å². The Morgan fingerprint density at radius 3 is 2.42 bits per heavy atom. The average Bonchev–Trinajstić information content (AvgIpc) is 2.93. The topological polar surface area (TPSA) is 49.8 Å². The van der Waals surface area contributed by atoms with Crippen molar-refractivity contribution < 1.29 is 0 Å². The predicted molar refractivity (Wildman–Crippen MR) is 80.6 cm³/mol. The third-order valence-electron chi connectivity index (χ3n) is 3.82. The molecule has 4 nitrogen and oxygen atoms in total. The van der Waals surface area contributed by atoms with Crippen LogP contribution in [-0.4, -0.2) is 23.1 Å². The maximum atomic E-state index is 4.44. The summed E-state index contributed by atoms with van der Waals surface area (Å²) in [6, 6.07) is 0. The molecule has 0 radical (unpaired) electrons. The van der Waals surface area contributed by atoms with Gasteiger partial charge in [0, 0.05) is 18.7 Å². The van der Waals surface area contributed by atoms with Gasteiger partial charge in [-0.25, -0.2) is 9.97 Å². The second kappa shape index (κ2) is 7.31. The van der Waals surface area contributed by atoms with E-state index in [0.29, 0.717) is 0 Å². The standard InChI is InChI=1S/C15H26N4/c1-3-7-13-14(16-4-2)18-11-19-15(13)17-10-12-8-5-6-9-12/h11-12H,3-10H2,1-2H3,(H2,16,17,18,19). The number of anilines is 2. The first-order chi connectivity index (χ1) is 9.35. The highest BCUT2D eigenvalue weighted by Crippen LogP contribution is 2.26. The molecular weight excluding hydrogens is 236 g/mol. The molecule has 1 fully saturated rings. The van der Waals surface area contributed by atoms with Crippen molar-refractivity contribution in [1.82, 2.24) is 9.97 Å². The van der Waals surface area contributed by atoms with E-state index in [4.69, 9.17) is 0 Å². The van der Waals surface area contributed by atoms with Crippen molar-refractivity contribution in [2.24, 2.45) is 5.92 Å². The van der Waals surface area contributed by atoms with Gasteiger partial charge in [-0.2, -0.15) is 0 Å². The second-order valence-corrected chi connectivity index (χ2v) is 5.36. The molecule has 0 aromatic carbocycles. The van der Waals surface area contributed by atoms with Crippen LogP contribution in [0.3, 0.4) is 0 Å². The fraction of sp³-hybridized carbons (Fsp3) is 0.733. The lowest BCUT2D eigenvalue weighted by molar-refractivity contribution is 0.578. The summed E-state index contributed by atoms with van der Waals surface area (Å²) in [5, 5.41) is 6.89. The maximum Gasteiger partial charge on any atom is 0.134 e. The molecule has 0 aliphatic heterocycles. The molecule has 0 atom stereocenters. The first-order valence-corrected chi connectivity index (χ1v) is 7.66. The molecule has 1 heterocycles. The summed E-state index contributed by atoms with van der Waals surface area (Å²) in [5.74, 6) is 2.85. The van der Waals surface area contributed by atoms with Crippen LogP contribution in [0.5, 0.6) is 0 Å². The van der Waals surface area contributed by atoms with Crippen molar-refractivity contribution >= 4 is 11.6 Å². The molecular formula is C15H26N4. The Morgan fingerprint density at radius 2 is 1.79 bits per heavy atom. The van der Waals surface area contributed by atoms with Crippen LogP contribution in [0.25, 0.3) is 0 Å². The van der Waals surface area contributed by atoms with Gasteiger partial charge in [-0.05, 0) is 32.1 Å². The monoisotopic (exact) mass is 262 g/mol. The lowest BCUT2D eigenvalue weighted by atomic mass is 10.1. The second-order valence-electron chi connectivity index (χ2n) is 5.36. The zero-order valence-corrected chi connectivity index (χ0v) is 12.2. The van der Waals surface area contributed by atoms with E-state index in [-0.39, 0.29) is 0 Å². The summed E-state index contributed by atoms with van der Waals surface area (Å²) in [5.41, 5.74) is 1.24. The van der Waals surface area contributed by atoms with Gasteiger partial charge in [0.15, 0.2) is 0 Å². The van der Waals surface area contributed by atoms with E-state index in [0.717, 1.165) is 43.5 Å². The summed E-state index contributed by atoms with van der Waals surface area (Å²) in [4.78, 5) is 8.80. The predicted octanol–water partition coefficient (Wildman–Crippen LogP) is 3.46. The molecule has 2 rings (SSSR count). The number of hydrogen-bond donors (Lipinski definition) is 2. The highest BCUT2D eigenvalue weighted by atomic mass is 15.1. The zero-order chi connectivity index (χ0) is 13.5. The van der Waals surface area contributed by atoms with E-state index in [1.54, 1.807) is 6.33 Å². The van der Waals surface area contributed by atoms with Gasteiger partial charge >= 0.3 is 0 Å². The molecule has 1 saturated carbocycles. The Bertz CT molecular complexity index is 386. The minimum atomic E-state index is 0.826. The quantitative estimate of drug-likeness (QED) is 0.790. The molecule has 1 aromatic rings. The Balaban J connectivity index is 2.06. The van der Waals surface area contributed by atoms with Crippen molar-refractivity contribution in [3.63, 3.8) is 0 Å². The van der Waals surface area contributed by atoms with E-state index < -0.39 is 0 Å². The number of nitrogens with zero attached hydrogens (tertiary/aromatic N) is 2. The largest absolute Gasteiger partial charge is 0.370 e. The van der Waals surface area contributed by atoms with Crippen LogP contribution in [-0.2, 0) is 6.42 Å². The van der Waals surface area contributed by atoms with Crippen molar-refractivity contribution in [3.05, 3.63) is 11.9 Å². The van der Waals surface area contributed by atoms with Crippen molar-refractivity contribution in [3.8, 4) is 0 Å². The Kier molecular flexibility index (Phi) is 5.43. The molecule has 0 spiro atoms. The van der Waals surface area contributed by atoms with Gasteiger partial charge in [0.05, 0.1) is 0 Å². The van der Waals surface area contributed by atoms with E-state index in [2.05, 4.69) is 34.4 Å². The Morgan fingerprint density at radius 1 is 1.11 bits per heavy atom.